The molecule has 1 saturated heterocycles. The van der Waals surface area contributed by atoms with E-state index in [0.29, 0.717) is 17.9 Å². The summed E-state index contributed by atoms with van der Waals surface area (Å²) in [4.78, 5) is 14.6. The van der Waals surface area contributed by atoms with Crippen molar-refractivity contribution in [2.24, 2.45) is 5.73 Å². The monoisotopic (exact) mass is 316 g/mol. The van der Waals surface area contributed by atoms with Crippen LogP contribution >= 0.6 is 0 Å². The van der Waals surface area contributed by atoms with Crippen molar-refractivity contribution in [3.05, 3.63) is 48.0 Å². The minimum atomic E-state index is -0.374. The number of nitrogens with zero attached hydrogens (tertiary/aromatic N) is 3. The molecule has 0 saturated carbocycles. The maximum absolute atomic E-state index is 13.8. The summed E-state index contributed by atoms with van der Waals surface area (Å²) in [6.07, 6.45) is 4.58. The Bertz CT molecular complexity index is 697. The van der Waals surface area contributed by atoms with Crippen molar-refractivity contribution < 1.29 is 9.18 Å². The van der Waals surface area contributed by atoms with Crippen molar-refractivity contribution in [1.82, 2.24) is 14.7 Å². The molecule has 1 fully saturated rings. The van der Waals surface area contributed by atoms with Crippen molar-refractivity contribution in [1.29, 1.82) is 0 Å². The first-order valence-corrected chi connectivity index (χ1v) is 7.95. The van der Waals surface area contributed by atoms with Gasteiger partial charge in [-0.2, -0.15) is 5.10 Å². The molecule has 3 rings (SSSR count). The van der Waals surface area contributed by atoms with Crippen molar-refractivity contribution in [3.8, 4) is 5.69 Å². The second-order valence-electron chi connectivity index (χ2n) is 6.02. The molecule has 5 nitrogen and oxygen atoms in total. The van der Waals surface area contributed by atoms with Crippen LogP contribution in [0.2, 0.25) is 0 Å². The number of para-hydroxylation sites is 1. The van der Waals surface area contributed by atoms with Gasteiger partial charge in [0.1, 0.15) is 11.5 Å². The number of piperidine rings is 1. The molecule has 2 N–H and O–H groups in total. The van der Waals surface area contributed by atoms with E-state index in [1.54, 1.807) is 30.5 Å². The Morgan fingerprint density at radius 1 is 1.35 bits per heavy atom. The highest BCUT2D eigenvalue weighted by Gasteiger charge is 2.30. The third kappa shape index (κ3) is 3.12. The summed E-state index contributed by atoms with van der Waals surface area (Å²) in [5.41, 5.74) is 6.67. The Balaban J connectivity index is 1.85. The van der Waals surface area contributed by atoms with Gasteiger partial charge in [-0.3, -0.25) is 4.79 Å². The first-order valence-electron chi connectivity index (χ1n) is 7.95. The molecule has 2 atom stereocenters. The Labute approximate surface area is 134 Å². The molecule has 0 aliphatic carbocycles. The third-order valence-corrected chi connectivity index (χ3v) is 4.32. The smallest absolute Gasteiger partial charge is 0.274 e. The average molecular weight is 316 g/mol. The number of amides is 1. The number of halogens is 1. The third-order valence-electron chi connectivity index (χ3n) is 4.32. The largest absolute Gasteiger partial charge is 0.333 e. The fraction of sp³-hybridized carbons (Fsp3) is 0.412. The normalized spacial score (nSPS) is 19.6. The van der Waals surface area contributed by atoms with E-state index >= 15 is 0 Å². The fourth-order valence-corrected chi connectivity index (χ4v) is 3.11. The number of carbonyl (C=O) groups is 1. The summed E-state index contributed by atoms with van der Waals surface area (Å²) in [5.74, 6) is -0.511. The van der Waals surface area contributed by atoms with Gasteiger partial charge in [0.25, 0.3) is 5.91 Å². The second-order valence-corrected chi connectivity index (χ2v) is 6.02. The second kappa shape index (κ2) is 6.50. The Hall–Kier alpha value is -2.21. The predicted octanol–water partition coefficient (Wildman–Crippen LogP) is 2.35. The molecule has 0 unspecified atom stereocenters. The Morgan fingerprint density at radius 2 is 2.13 bits per heavy atom. The van der Waals surface area contributed by atoms with Gasteiger partial charge in [-0.25, -0.2) is 9.07 Å². The van der Waals surface area contributed by atoms with E-state index in [1.165, 1.54) is 10.7 Å². The van der Waals surface area contributed by atoms with Gasteiger partial charge in [-0.15, -0.1) is 0 Å². The lowest BCUT2D eigenvalue weighted by Crippen LogP contribution is -2.51. The lowest BCUT2D eigenvalue weighted by Gasteiger charge is -2.37. The van der Waals surface area contributed by atoms with E-state index in [1.807, 2.05) is 11.8 Å². The van der Waals surface area contributed by atoms with Crippen LogP contribution in [-0.2, 0) is 0 Å². The highest BCUT2D eigenvalue weighted by Crippen LogP contribution is 2.21. The quantitative estimate of drug-likeness (QED) is 0.945. The van der Waals surface area contributed by atoms with Crippen LogP contribution in [0.4, 0.5) is 4.39 Å². The number of nitrogens with two attached hydrogens (primary N) is 1. The first kappa shape index (κ1) is 15.7. The number of benzene rings is 1. The molecule has 1 aliphatic heterocycles. The summed E-state index contributed by atoms with van der Waals surface area (Å²) in [7, 11) is 0. The van der Waals surface area contributed by atoms with E-state index in [4.69, 9.17) is 5.73 Å². The molecular weight excluding hydrogens is 295 g/mol. The molecule has 1 aromatic heterocycles. The molecule has 2 heterocycles. The van der Waals surface area contributed by atoms with Gasteiger partial charge < -0.3 is 10.6 Å². The van der Waals surface area contributed by atoms with E-state index < -0.39 is 0 Å². The Kier molecular flexibility index (Phi) is 4.43. The molecule has 2 aromatic rings. The summed E-state index contributed by atoms with van der Waals surface area (Å²) in [5, 5.41) is 4.25. The van der Waals surface area contributed by atoms with Gasteiger partial charge in [0.15, 0.2) is 5.69 Å². The number of hydrogen-bond acceptors (Lipinski definition) is 3. The molecule has 0 radical (unpaired) electrons. The van der Waals surface area contributed by atoms with Crippen LogP contribution in [0.25, 0.3) is 5.69 Å². The number of rotatable bonds is 3. The first-order chi connectivity index (χ1) is 11.1. The van der Waals surface area contributed by atoms with Crippen LogP contribution < -0.4 is 5.73 Å². The maximum atomic E-state index is 13.8. The molecule has 0 bridgehead atoms. The van der Waals surface area contributed by atoms with Gasteiger partial charge in [-0.05, 0) is 44.4 Å². The van der Waals surface area contributed by atoms with E-state index in [9.17, 15) is 9.18 Å². The van der Waals surface area contributed by atoms with Crippen molar-refractivity contribution in [2.45, 2.75) is 38.3 Å². The lowest BCUT2D eigenvalue weighted by atomic mass is 9.96. The van der Waals surface area contributed by atoms with Gasteiger partial charge in [0.05, 0.1) is 0 Å². The van der Waals surface area contributed by atoms with Crippen LogP contribution in [-0.4, -0.2) is 39.2 Å². The molecule has 23 heavy (non-hydrogen) atoms. The molecule has 1 aliphatic rings. The summed E-state index contributed by atoms with van der Waals surface area (Å²) >= 11 is 0. The highest BCUT2D eigenvalue weighted by molar-refractivity contribution is 5.92. The molecule has 1 amide bonds. The average Bonchev–Trinajstić information content (AvgIpc) is 3.04. The van der Waals surface area contributed by atoms with Gasteiger partial charge in [0, 0.05) is 24.8 Å². The molecule has 0 spiro atoms. The minimum absolute atomic E-state index is 0.0369. The summed E-state index contributed by atoms with van der Waals surface area (Å²) in [6, 6.07) is 7.94. The zero-order valence-corrected chi connectivity index (χ0v) is 13.2. The Morgan fingerprint density at radius 3 is 2.87 bits per heavy atom. The van der Waals surface area contributed by atoms with Crippen molar-refractivity contribution in [2.75, 3.05) is 6.54 Å². The predicted molar refractivity (Wildman–Crippen MR) is 85.8 cm³/mol. The van der Waals surface area contributed by atoms with Crippen LogP contribution in [0.1, 0.15) is 36.7 Å². The van der Waals surface area contributed by atoms with Gasteiger partial charge in [0.2, 0.25) is 0 Å². The van der Waals surface area contributed by atoms with Crippen LogP contribution in [0.15, 0.2) is 36.5 Å². The molecule has 122 valence electrons. The zero-order chi connectivity index (χ0) is 16.4. The van der Waals surface area contributed by atoms with E-state index in [2.05, 4.69) is 5.10 Å². The molecule has 6 heteroatoms. The molecular formula is C17H21FN4O. The lowest BCUT2D eigenvalue weighted by molar-refractivity contribution is 0.0577. The number of likely N-dealkylation sites (tertiary alicyclic amines) is 1. The highest BCUT2D eigenvalue weighted by atomic mass is 19.1. The van der Waals surface area contributed by atoms with Crippen molar-refractivity contribution in [3.63, 3.8) is 0 Å². The van der Waals surface area contributed by atoms with E-state index in [0.717, 1.165) is 19.3 Å². The van der Waals surface area contributed by atoms with Crippen LogP contribution in [0.5, 0.6) is 0 Å². The van der Waals surface area contributed by atoms with Crippen molar-refractivity contribution >= 4 is 5.91 Å². The maximum Gasteiger partial charge on any atom is 0.274 e. The number of aromatic nitrogens is 2. The minimum Gasteiger partial charge on any atom is -0.333 e. The van der Waals surface area contributed by atoms with Crippen LogP contribution in [0.3, 0.4) is 0 Å². The van der Waals surface area contributed by atoms with Crippen LogP contribution in [0, 0.1) is 5.82 Å². The van der Waals surface area contributed by atoms with E-state index in [-0.39, 0.29) is 23.8 Å². The fourth-order valence-electron chi connectivity index (χ4n) is 3.11. The van der Waals surface area contributed by atoms with Gasteiger partial charge >= 0.3 is 0 Å². The zero-order valence-electron chi connectivity index (χ0n) is 13.2. The van der Waals surface area contributed by atoms with Gasteiger partial charge in [-0.1, -0.05) is 12.1 Å². The number of hydrogen-bond donors (Lipinski definition) is 1. The summed E-state index contributed by atoms with van der Waals surface area (Å²) in [6.45, 7) is 2.62. The standard InChI is InChI=1S/C17H21FN4O/c1-12(19)15-7-4-5-10-21(15)17(23)14-9-11-22(20-14)16-8-3-2-6-13(16)18/h2-3,6,8-9,11-12,15H,4-5,7,10,19H2,1H3/t12-,15-/m1/s1. The summed E-state index contributed by atoms with van der Waals surface area (Å²) < 4.78 is 15.2. The SMILES string of the molecule is C[C@@H](N)[C@H]1CCCCN1C(=O)c1ccn(-c2ccccc2F)n1. The topological polar surface area (TPSA) is 64.2 Å². The number of carbonyl (C=O) groups excluding carboxylic acids is 1. The molecule has 1 aromatic carbocycles.